The Morgan fingerprint density at radius 3 is 3.07 bits per heavy atom. The second-order valence-electron chi connectivity index (χ2n) is 4.14. The van der Waals surface area contributed by atoms with E-state index in [-0.39, 0.29) is 0 Å². The van der Waals surface area contributed by atoms with Crippen LogP contribution in [0.4, 0.5) is 5.82 Å². The van der Waals surface area contributed by atoms with Crippen LogP contribution in [0.1, 0.15) is 25.7 Å². The maximum Gasteiger partial charge on any atom is 0.148 e. The molecule has 1 aromatic rings. The molecule has 1 aromatic heterocycles. The lowest BCUT2D eigenvalue weighted by Crippen LogP contribution is -2.34. The lowest BCUT2D eigenvalue weighted by molar-refractivity contribution is 0.408. The molecule has 0 amide bonds. The number of hydrogen-bond acceptors (Lipinski definition) is 3. The molecule has 2 rings (SSSR count). The van der Waals surface area contributed by atoms with Gasteiger partial charge in [-0.05, 0) is 25.7 Å². The fourth-order valence-corrected chi connectivity index (χ4v) is 2.06. The Hall–Kier alpha value is -1.03. The van der Waals surface area contributed by atoms with Crippen LogP contribution in [-0.2, 0) is 7.05 Å². The summed E-state index contributed by atoms with van der Waals surface area (Å²) in [5.74, 6) is 0.964. The molecule has 1 saturated carbocycles. The minimum atomic E-state index is 0.366. The van der Waals surface area contributed by atoms with E-state index in [9.17, 15) is 0 Å². The molecule has 3 N–H and O–H groups in total. The van der Waals surface area contributed by atoms with E-state index in [2.05, 4.69) is 10.4 Å². The summed E-state index contributed by atoms with van der Waals surface area (Å²) in [7, 11) is 1.93. The largest absolute Gasteiger partial charge is 0.366 e. The third-order valence-electron chi connectivity index (χ3n) is 2.78. The Labute approximate surface area is 84.5 Å². The van der Waals surface area contributed by atoms with Gasteiger partial charge in [-0.3, -0.25) is 4.68 Å². The van der Waals surface area contributed by atoms with Gasteiger partial charge in [0.15, 0.2) is 0 Å². The summed E-state index contributed by atoms with van der Waals surface area (Å²) in [5, 5.41) is 7.71. The number of nitrogens with two attached hydrogens (primary N) is 1. The third-order valence-corrected chi connectivity index (χ3v) is 2.78. The lowest BCUT2D eigenvalue weighted by atomic mass is 9.92. The molecule has 0 saturated heterocycles. The molecule has 0 spiro atoms. The zero-order valence-electron chi connectivity index (χ0n) is 8.61. The van der Waals surface area contributed by atoms with Crippen LogP contribution in [0, 0.1) is 0 Å². The minimum Gasteiger partial charge on any atom is -0.366 e. The summed E-state index contributed by atoms with van der Waals surface area (Å²) < 4.78 is 1.81. The average molecular weight is 194 g/mol. The Bertz CT molecular complexity index is 294. The molecule has 4 nitrogen and oxygen atoms in total. The van der Waals surface area contributed by atoms with Gasteiger partial charge in [0.25, 0.3) is 0 Å². The van der Waals surface area contributed by atoms with Crippen molar-refractivity contribution in [3.8, 4) is 0 Å². The van der Waals surface area contributed by atoms with Crippen LogP contribution in [-0.4, -0.2) is 21.9 Å². The van der Waals surface area contributed by atoms with Crippen LogP contribution in [0.2, 0.25) is 0 Å². The Kier molecular flexibility index (Phi) is 2.72. The highest BCUT2D eigenvalue weighted by Crippen LogP contribution is 2.20. The Balaban J connectivity index is 1.90. The first-order valence-corrected chi connectivity index (χ1v) is 5.26. The highest BCUT2D eigenvalue weighted by molar-refractivity contribution is 5.33. The van der Waals surface area contributed by atoms with Crippen molar-refractivity contribution in [2.45, 2.75) is 37.8 Å². The second-order valence-corrected chi connectivity index (χ2v) is 4.14. The molecule has 2 unspecified atom stereocenters. The van der Waals surface area contributed by atoms with Crippen molar-refractivity contribution in [2.75, 3.05) is 5.32 Å². The van der Waals surface area contributed by atoms with Crippen LogP contribution < -0.4 is 11.1 Å². The summed E-state index contributed by atoms with van der Waals surface area (Å²) in [6, 6.07) is 2.87. The standard InChI is InChI=1S/C10H18N4/c1-14-6-5-10(13-14)12-9-4-2-3-8(11)7-9/h5-6,8-9H,2-4,7,11H2,1H3,(H,12,13). The summed E-state index contributed by atoms with van der Waals surface area (Å²) in [4.78, 5) is 0. The highest BCUT2D eigenvalue weighted by Gasteiger charge is 2.19. The predicted octanol–water partition coefficient (Wildman–Crippen LogP) is 1.10. The smallest absolute Gasteiger partial charge is 0.148 e. The molecule has 1 fully saturated rings. The van der Waals surface area contributed by atoms with Gasteiger partial charge in [-0.2, -0.15) is 5.10 Å². The number of hydrogen-bond donors (Lipinski definition) is 2. The normalized spacial score (nSPS) is 27.6. The summed E-state index contributed by atoms with van der Waals surface area (Å²) >= 11 is 0. The molecular formula is C10H18N4. The van der Waals surface area contributed by atoms with E-state index in [4.69, 9.17) is 5.73 Å². The molecular weight excluding hydrogens is 176 g/mol. The molecule has 0 aromatic carbocycles. The van der Waals surface area contributed by atoms with Gasteiger partial charge in [0.05, 0.1) is 0 Å². The van der Waals surface area contributed by atoms with E-state index in [1.165, 1.54) is 19.3 Å². The fraction of sp³-hybridized carbons (Fsp3) is 0.700. The number of nitrogens with zero attached hydrogens (tertiary/aromatic N) is 2. The van der Waals surface area contributed by atoms with Crippen molar-refractivity contribution in [3.05, 3.63) is 12.3 Å². The maximum absolute atomic E-state index is 5.92. The zero-order chi connectivity index (χ0) is 9.97. The van der Waals surface area contributed by atoms with E-state index in [0.29, 0.717) is 12.1 Å². The van der Waals surface area contributed by atoms with Gasteiger partial charge in [0.2, 0.25) is 0 Å². The number of aryl methyl sites for hydroxylation is 1. The first-order chi connectivity index (χ1) is 6.74. The van der Waals surface area contributed by atoms with E-state index >= 15 is 0 Å². The van der Waals surface area contributed by atoms with Crippen LogP contribution in [0.5, 0.6) is 0 Å². The van der Waals surface area contributed by atoms with Crippen LogP contribution in [0.15, 0.2) is 12.3 Å². The predicted molar refractivity (Wildman–Crippen MR) is 57.1 cm³/mol. The monoisotopic (exact) mass is 194 g/mol. The molecule has 0 bridgehead atoms. The van der Waals surface area contributed by atoms with Gasteiger partial charge in [-0.25, -0.2) is 0 Å². The molecule has 14 heavy (non-hydrogen) atoms. The summed E-state index contributed by atoms with van der Waals surface area (Å²) in [6.07, 6.45) is 6.62. The Morgan fingerprint density at radius 1 is 1.57 bits per heavy atom. The zero-order valence-corrected chi connectivity index (χ0v) is 8.61. The van der Waals surface area contributed by atoms with E-state index in [1.807, 2.05) is 24.0 Å². The van der Waals surface area contributed by atoms with E-state index in [1.54, 1.807) is 0 Å². The van der Waals surface area contributed by atoms with Crippen molar-refractivity contribution < 1.29 is 0 Å². The van der Waals surface area contributed by atoms with Gasteiger partial charge in [-0.15, -0.1) is 0 Å². The minimum absolute atomic E-state index is 0.366. The molecule has 78 valence electrons. The lowest BCUT2D eigenvalue weighted by Gasteiger charge is -2.27. The SMILES string of the molecule is Cn1ccc(NC2CCCC(N)C2)n1. The van der Waals surface area contributed by atoms with Crippen molar-refractivity contribution >= 4 is 5.82 Å². The van der Waals surface area contributed by atoms with Crippen molar-refractivity contribution in [1.29, 1.82) is 0 Å². The quantitative estimate of drug-likeness (QED) is 0.741. The van der Waals surface area contributed by atoms with Gasteiger partial charge in [-0.1, -0.05) is 0 Å². The third kappa shape index (κ3) is 2.26. The molecule has 0 aliphatic heterocycles. The topological polar surface area (TPSA) is 55.9 Å². The molecule has 0 radical (unpaired) electrons. The number of anilines is 1. The molecule has 1 heterocycles. The maximum atomic E-state index is 5.92. The second kappa shape index (κ2) is 4.00. The van der Waals surface area contributed by atoms with E-state index < -0.39 is 0 Å². The average Bonchev–Trinajstić information content (AvgIpc) is 2.51. The molecule has 2 atom stereocenters. The summed E-state index contributed by atoms with van der Waals surface area (Å²) in [5.41, 5.74) is 5.92. The van der Waals surface area contributed by atoms with Crippen LogP contribution in [0.25, 0.3) is 0 Å². The Morgan fingerprint density at radius 2 is 2.43 bits per heavy atom. The molecule has 1 aliphatic rings. The van der Waals surface area contributed by atoms with Gasteiger partial charge >= 0.3 is 0 Å². The molecule has 1 aliphatic carbocycles. The number of nitrogens with one attached hydrogen (secondary N) is 1. The highest BCUT2D eigenvalue weighted by atomic mass is 15.3. The number of aromatic nitrogens is 2. The first kappa shape index (κ1) is 9.52. The van der Waals surface area contributed by atoms with Gasteiger partial charge in [0.1, 0.15) is 5.82 Å². The van der Waals surface area contributed by atoms with Gasteiger partial charge in [0, 0.05) is 31.4 Å². The fourth-order valence-electron chi connectivity index (χ4n) is 2.06. The van der Waals surface area contributed by atoms with Crippen molar-refractivity contribution in [3.63, 3.8) is 0 Å². The van der Waals surface area contributed by atoms with E-state index in [0.717, 1.165) is 12.2 Å². The summed E-state index contributed by atoms with van der Waals surface area (Å²) in [6.45, 7) is 0. The molecule has 4 heteroatoms. The van der Waals surface area contributed by atoms with Crippen molar-refractivity contribution in [2.24, 2.45) is 12.8 Å². The first-order valence-electron chi connectivity index (χ1n) is 5.26. The van der Waals surface area contributed by atoms with Crippen molar-refractivity contribution in [1.82, 2.24) is 9.78 Å². The number of rotatable bonds is 2. The van der Waals surface area contributed by atoms with Crippen LogP contribution >= 0.6 is 0 Å². The van der Waals surface area contributed by atoms with Gasteiger partial charge < -0.3 is 11.1 Å². The van der Waals surface area contributed by atoms with Crippen LogP contribution in [0.3, 0.4) is 0 Å².